The highest BCUT2D eigenvalue weighted by molar-refractivity contribution is 5.83. The van der Waals surface area contributed by atoms with Crippen molar-refractivity contribution in [1.29, 1.82) is 0 Å². The van der Waals surface area contributed by atoms with Crippen molar-refractivity contribution in [2.45, 2.75) is 98.7 Å². The first kappa shape index (κ1) is 23.5. The minimum Gasteiger partial charge on any atom is -0.390 e. The lowest BCUT2D eigenvalue weighted by Gasteiger charge is -2.59. The Morgan fingerprint density at radius 1 is 0.935 bits per heavy atom. The van der Waals surface area contributed by atoms with E-state index in [4.69, 9.17) is 0 Å². The predicted molar refractivity (Wildman–Crippen MR) is 125 cm³/mol. The summed E-state index contributed by atoms with van der Waals surface area (Å²) < 4.78 is 0. The smallest absolute Gasteiger partial charge is 0.137 e. The van der Waals surface area contributed by atoms with Crippen molar-refractivity contribution in [3.63, 3.8) is 0 Å². The maximum atomic E-state index is 13.2. The Kier molecular flexibility index (Phi) is 6.27. The Bertz CT molecular complexity index is 713. The molecule has 0 aromatic carbocycles. The van der Waals surface area contributed by atoms with Crippen molar-refractivity contribution in [2.75, 3.05) is 0 Å². The SMILES string of the molecule is CC(C)[C@@H](C)[C@@H](O)[C@H](O)[C@@H](C)[C@@H]1CC[C@H]2[C@@H]3CC(=O)[C@H]4CC=CC[C@]4(C)[C@@H]3CC[C@]12C. The molecular weight excluding hydrogens is 384 g/mol. The first-order valence-electron chi connectivity index (χ1n) is 13.1. The van der Waals surface area contributed by atoms with Crippen LogP contribution in [0.4, 0.5) is 0 Å². The first-order valence-corrected chi connectivity index (χ1v) is 13.1. The van der Waals surface area contributed by atoms with Gasteiger partial charge in [0.15, 0.2) is 0 Å². The minimum atomic E-state index is -0.672. The lowest BCUT2D eigenvalue weighted by Crippen LogP contribution is -2.56. The molecule has 3 heteroatoms. The van der Waals surface area contributed by atoms with Crippen LogP contribution in [0, 0.1) is 58.2 Å². The molecule has 11 atom stereocenters. The summed E-state index contributed by atoms with van der Waals surface area (Å²) in [5.41, 5.74) is 0.318. The molecule has 0 aromatic rings. The van der Waals surface area contributed by atoms with E-state index >= 15 is 0 Å². The molecule has 0 spiro atoms. The predicted octanol–water partition coefficient (Wildman–Crippen LogP) is 5.64. The molecule has 31 heavy (non-hydrogen) atoms. The Hall–Kier alpha value is -0.670. The van der Waals surface area contributed by atoms with E-state index in [1.54, 1.807) is 0 Å². The number of Topliss-reactive ketones (excluding diaryl/α,β-unsaturated/α-hetero) is 1. The van der Waals surface area contributed by atoms with Crippen LogP contribution in [0.25, 0.3) is 0 Å². The van der Waals surface area contributed by atoms with Crippen LogP contribution >= 0.6 is 0 Å². The molecule has 0 unspecified atom stereocenters. The average molecular weight is 431 g/mol. The maximum Gasteiger partial charge on any atom is 0.137 e. The molecular formula is C28H46O3. The zero-order valence-corrected chi connectivity index (χ0v) is 20.7. The van der Waals surface area contributed by atoms with E-state index in [2.05, 4.69) is 53.7 Å². The molecule has 0 saturated heterocycles. The number of rotatable bonds is 5. The summed E-state index contributed by atoms with van der Waals surface area (Å²) in [6, 6.07) is 0. The van der Waals surface area contributed by atoms with E-state index in [0.29, 0.717) is 35.4 Å². The number of aliphatic hydroxyl groups excluding tert-OH is 2. The van der Waals surface area contributed by atoms with E-state index < -0.39 is 12.2 Å². The molecule has 0 amide bonds. The fourth-order valence-electron chi connectivity index (χ4n) is 8.81. The first-order chi connectivity index (χ1) is 14.5. The highest BCUT2D eigenvalue weighted by atomic mass is 16.3. The van der Waals surface area contributed by atoms with Crippen LogP contribution in [-0.4, -0.2) is 28.2 Å². The van der Waals surface area contributed by atoms with Crippen molar-refractivity contribution in [1.82, 2.24) is 0 Å². The molecule has 0 bridgehead atoms. The van der Waals surface area contributed by atoms with Gasteiger partial charge in [-0.2, -0.15) is 0 Å². The lowest BCUT2D eigenvalue weighted by atomic mass is 9.45. The van der Waals surface area contributed by atoms with E-state index in [-0.39, 0.29) is 28.6 Å². The van der Waals surface area contributed by atoms with Crippen LogP contribution in [0.2, 0.25) is 0 Å². The minimum absolute atomic E-state index is 0.0861. The number of aliphatic hydroxyl groups is 2. The molecule has 4 aliphatic carbocycles. The fraction of sp³-hybridized carbons (Fsp3) is 0.893. The molecule has 0 heterocycles. The molecule has 4 rings (SSSR count). The van der Waals surface area contributed by atoms with Gasteiger partial charge in [0.25, 0.3) is 0 Å². The van der Waals surface area contributed by atoms with Crippen LogP contribution in [0.5, 0.6) is 0 Å². The third kappa shape index (κ3) is 3.57. The number of hydrogen-bond donors (Lipinski definition) is 2. The molecule has 0 aromatic heterocycles. The van der Waals surface area contributed by atoms with E-state index in [1.807, 2.05) is 0 Å². The second-order valence-electron chi connectivity index (χ2n) is 12.7. The van der Waals surface area contributed by atoms with Gasteiger partial charge in [-0.25, -0.2) is 0 Å². The van der Waals surface area contributed by atoms with Gasteiger partial charge in [0.1, 0.15) is 5.78 Å². The van der Waals surface area contributed by atoms with Crippen molar-refractivity contribution in [2.24, 2.45) is 58.2 Å². The quantitative estimate of drug-likeness (QED) is 0.555. The van der Waals surface area contributed by atoms with Crippen LogP contribution in [0.3, 0.4) is 0 Å². The standard InChI is InChI=1S/C28H46O3/c1-16(2)17(3)25(30)26(31)18(4)20-10-11-21-19-15-24(29)23-9-7-8-13-27(23,5)22(19)12-14-28(20,21)6/h7-8,16-23,25-26,30-31H,9-15H2,1-6H3/t17-,18+,19+,20+,21+,22-,23-,25-,26-,27-,28-/m1/s1. The number of carbonyl (C=O) groups is 1. The Morgan fingerprint density at radius 2 is 1.61 bits per heavy atom. The third-order valence-electron chi connectivity index (χ3n) is 11.2. The van der Waals surface area contributed by atoms with E-state index in [0.717, 1.165) is 25.7 Å². The van der Waals surface area contributed by atoms with Crippen LogP contribution < -0.4 is 0 Å². The molecule has 3 nitrogen and oxygen atoms in total. The van der Waals surface area contributed by atoms with Crippen LogP contribution in [0.15, 0.2) is 12.2 Å². The highest BCUT2D eigenvalue weighted by Crippen LogP contribution is 2.67. The topological polar surface area (TPSA) is 57.5 Å². The van der Waals surface area contributed by atoms with Gasteiger partial charge in [-0.05, 0) is 90.8 Å². The number of ketones is 1. The van der Waals surface area contributed by atoms with Crippen molar-refractivity contribution < 1.29 is 15.0 Å². The second-order valence-corrected chi connectivity index (χ2v) is 12.7. The fourth-order valence-corrected chi connectivity index (χ4v) is 8.81. The number of allylic oxidation sites excluding steroid dienone is 2. The third-order valence-corrected chi connectivity index (χ3v) is 11.2. The highest BCUT2D eigenvalue weighted by Gasteiger charge is 2.62. The summed E-state index contributed by atoms with van der Waals surface area (Å²) in [5, 5.41) is 22.0. The molecule has 4 aliphatic rings. The largest absolute Gasteiger partial charge is 0.390 e. The maximum absolute atomic E-state index is 13.2. The number of hydrogen-bond acceptors (Lipinski definition) is 3. The Morgan fingerprint density at radius 3 is 2.29 bits per heavy atom. The zero-order valence-electron chi connectivity index (χ0n) is 20.7. The van der Waals surface area contributed by atoms with Crippen LogP contribution in [-0.2, 0) is 4.79 Å². The van der Waals surface area contributed by atoms with Gasteiger partial charge in [0.2, 0.25) is 0 Å². The van der Waals surface area contributed by atoms with Gasteiger partial charge >= 0.3 is 0 Å². The molecule has 0 radical (unpaired) electrons. The number of carbonyl (C=O) groups excluding carboxylic acids is 1. The van der Waals surface area contributed by atoms with Crippen molar-refractivity contribution in [3.05, 3.63) is 12.2 Å². The summed E-state index contributed by atoms with van der Waals surface area (Å²) in [6.45, 7) is 13.3. The second kappa shape index (κ2) is 8.28. The van der Waals surface area contributed by atoms with Gasteiger partial charge in [0, 0.05) is 12.3 Å². The zero-order chi connectivity index (χ0) is 22.7. The Labute approximate surface area is 190 Å². The molecule has 176 valence electrons. The summed E-state index contributed by atoms with van der Waals surface area (Å²) in [6.07, 6.45) is 10.7. The summed E-state index contributed by atoms with van der Waals surface area (Å²) >= 11 is 0. The summed E-state index contributed by atoms with van der Waals surface area (Å²) in [5.74, 6) is 3.44. The Balaban J connectivity index is 1.55. The molecule has 0 aliphatic heterocycles. The van der Waals surface area contributed by atoms with Gasteiger partial charge in [-0.3, -0.25) is 4.79 Å². The summed E-state index contributed by atoms with van der Waals surface area (Å²) in [4.78, 5) is 13.2. The lowest BCUT2D eigenvalue weighted by molar-refractivity contribution is -0.151. The van der Waals surface area contributed by atoms with Gasteiger partial charge < -0.3 is 10.2 Å². The van der Waals surface area contributed by atoms with Crippen LogP contribution in [0.1, 0.15) is 86.5 Å². The molecule has 3 saturated carbocycles. The number of fused-ring (bicyclic) bond motifs is 5. The van der Waals surface area contributed by atoms with Gasteiger partial charge in [0.05, 0.1) is 12.2 Å². The summed E-state index contributed by atoms with van der Waals surface area (Å²) in [7, 11) is 0. The monoisotopic (exact) mass is 430 g/mol. The van der Waals surface area contributed by atoms with E-state index in [1.165, 1.54) is 19.3 Å². The normalized spacial score (nSPS) is 46.1. The van der Waals surface area contributed by atoms with E-state index in [9.17, 15) is 15.0 Å². The van der Waals surface area contributed by atoms with Crippen molar-refractivity contribution in [3.8, 4) is 0 Å². The van der Waals surface area contributed by atoms with Crippen molar-refractivity contribution >= 4 is 5.78 Å². The molecule has 2 N–H and O–H groups in total. The molecule has 3 fully saturated rings. The van der Waals surface area contributed by atoms with Gasteiger partial charge in [-0.1, -0.05) is 53.7 Å². The average Bonchev–Trinajstić information content (AvgIpc) is 3.08. The van der Waals surface area contributed by atoms with Gasteiger partial charge in [-0.15, -0.1) is 0 Å².